The molecule has 8 rings (SSSR count). The molecule has 6 aromatic carbocycles. The topological polar surface area (TPSA) is 18.1 Å². The van der Waals surface area contributed by atoms with Crippen LogP contribution >= 0.6 is 11.6 Å². The van der Waals surface area contributed by atoms with Gasteiger partial charge in [-0.05, 0) is 95.4 Å². The first-order valence-corrected chi connectivity index (χ1v) is 13.6. The van der Waals surface area contributed by atoms with Crippen LogP contribution in [-0.2, 0) is 0 Å². The molecule has 0 N–H and O–H groups in total. The van der Waals surface area contributed by atoms with Crippen molar-refractivity contribution in [2.75, 3.05) is 0 Å². The smallest absolute Gasteiger partial charge is 0.136 e. The standard InChI is InChI=1S/C36H24ClNO/c1-21-8-12-28-31-18-26(23-6-4-3-5-7-23)19-32(37)36(31)38(33(28)14-21)27-11-10-24-20-35-30(17-25(24)16-27)29-13-9-22(2)15-34(29)39-35/h3-20H,1-2H3. The molecule has 0 fully saturated rings. The van der Waals surface area contributed by atoms with Crippen molar-refractivity contribution in [2.24, 2.45) is 0 Å². The van der Waals surface area contributed by atoms with Gasteiger partial charge in [-0.2, -0.15) is 0 Å². The van der Waals surface area contributed by atoms with Crippen molar-refractivity contribution in [3.05, 3.63) is 125 Å². The molecule has 0 aliphatic carbocycles. The monoisotopic (exact) mass is 521 g/mol. The maximum atomic E-state index is 7.10. The van der Waals surface area contributed by atoms with Gasteiger partial charge in [0, 0.05) is 27.2 Å². The molecule has 39 heavy (non-hydrogen) atoms. The van der Waals surface area contributed by atoms with Gasteiger partial charge in [-0.3, -0.25) is 0 Å². The van der Waals surface area contributed by atoms with Crippen molar-refractivity contribution in [1.29, 1.82) is 0 Å². The second-order valence-electron chi connectivity index (χ2n) is 10.6. The molecule has 3 heteroatoms. The Morgan fingerprint density at radius 2 is 1.33 bits per heavy atom. The van der Waals surface area contributed by atoms with Gasteiger partial charge >= 0.3 is 0 Å². The lowest BCUT2D eigenvalue weighted by Crippen LogP contribution is -1.95. The minimum atomic E-state index is 0.743. The molecule has 0 saturated heterocycles. The van der Waals surface area contributed by atoms with E-state index in [-0.39, 0.29) is 0 Å². The van der Waals surface area contributed by atoms with Crippen LogP contribution < -0.4 is 0 Å². The summed E-state index contributed by atoms with van der Waals surface area (Å²) in [6.07, 6.45) is 0. The first-order chi connectivity index (χ1) is 19.0. The van der Waals surface area contributed by atoms with Gasteiger partial charge in [-0.15, -0.1) is 0 Å². The molecular weight excluding hydrogens is 498 g/mol. The molecule has 0 atom stereocenters. The van der Waals surface area contributed by atoms with Crippen LogP contribution in [0.3, 0.4) is 0 Å². The van der Waals surface area contributed by atoms with Crippen molar-refractivity contribution in [2.45, 2.75) is 13.8 Å². The number of aromatic nitrogens is 1. The van der Waals surface area contributed by atoms with Crippen LogP contribution in [0.25, 0.3) is 71.3 Å². The van der Waals surface area contributed by atoms with Crippen LogP contribution in [0.15, 0.2) is 114 Å². The lowest BCUT2D eigenvalue weighted by molar-refractivity contribution is 0.669. The van der Waals surface area contributed by atoms with E-state index in [2.05, 4.69) is 122 Å². The number of hydrogen-bond acceptors (Lipinski definition) is 1. The van der Waals surface area contributed by atoms with Crippen LogP contribution in [0.2, 0.25) is 5.02 Å². The van der Waals surface area contributed by atoms with Crippen LogP contribution in [0.1, 0.15) is 11.1 Å². The highest BCUT2D eigenvalue weighted by Crippen LogP contribution is 2.40. The number of furan rings is 1. The summed E-state index contributed by atoms with van der Waals surface area (Å²) in [5.74, 6) is 0. The van der Waals surface area contributed by atoms with Gasteiger partial charge in [0.1, 0.15) is 11.2 Å². The van der Waals surface area contributed by atoms with E-state index < -0.39 is 0 Å². The van der Waals surface area contributed by atoms with Crippen LogP contribution in [0.5, 0.6) is 0 Å². The number of halogens is 1. The molecule has 2 aromatic heterocycles. The Labute approximate surface area is 230 Å². The maximum Gasteiger partial charge on any atom is 0.136 e. The average molecular weight is 522 g/mol. The van der Waals surface area contributed by atoms with Crippen molar-refractivity contribution < 1.29 is 4.42 Å². The van der Waals surface area contributed by atoms with E-state index in [0.717, 1.165) is 65.6 Å². The van der Waals surface area contributed by atoms with Crippen molar-refractivity contribution in [3.8, 4) is 16.8 Å². The molecular formula is C36H24ClNO. The number of rotatable bonds is 2. The van der Waals surface area contributed by atoms with E-state index in [1.165, 1.54) is 21.9 Å². The number of benzene rings is 6. The van der Waals surface area contributed by atoms with Gasteiger partial charge in [-0.25, -0.2) is 0 Å². The summed E-state index contributed by atoms with van der Waals surface area (Å²) >= 11 is 7.10. The molecule has 0 saturated carbocycles. The van der Waals surface area contributed by atoms with Gasteiger partial charge in [0.05, 0.1) is 16.1 Å². The Morgan fingerprint density at radius 3 is 2.18 bits per heavy atom. The summed E-state index contributed by atoms with van der Waals surface area (Å²) in [7, 11) is 0. The Kier molecular flexibility index (Phi) is 4.74. The summed E-state index contributed by atoms with van der Waals surface area (Å²) in [5, 5.41) is 7.70. The van der Waals surface area contributed by atoms with E-state index in [4.69, 9.17) is 16.0 Å². The Bertz CT molecular complexity index is 2250. The minimum absolute atomic E-state index is 0.743. The van der Waals surface area contributed by atoms with E-state index in [1.54, 1.807) is 0 Å². The average Bonchev–Trinajstić information content (AvgIpc) is 3.46. The predicted molar refractivity (Wildman–Crippen MR) is 165 cm³/mol. The van der Waals surface area contributed by atoms with Gasteiger partial charge < -0.3 is 8.98 Å². The zero-order valence-corrected chi connectivity index (χ0v) is 22.4. The summed E-state index contributed by atoms with van der Waals surface area (Å²) in [4.78, 5) is 0. The third kappa shape index (κ3) is 3.42. The largest absolute Gasteiger partial charge is 0.456 e. The summed E-state index contributed by atoms with van der Waals surface area (Å²) in [5.41, 5.74) is 9.81. The molecule has 0 amide bonds. The highest BCUT2D eigenvalue weighted by molar-refractivity contribution is 6.37. The normalized spacial score (nSPS) is 12.0. The first kappa shape index (κ1) is 22.5. The number of fused-ring (bicyclic) bond motifs is 7. The van der Waals surface area contributed by atoms with Crippen LogP contribution in [-0.4, -0.2) is 4.57 Å². The van der Waals surface area contributed by atoms with E-state index in [9.17, 15) is 0 Å². The zero-order valence-electron chi connectivity index (χ0n) is 21.6. The van der Waals surface area contributed by atoms with Crippen molar-refractivity contribution in [3.63, 3.8) is 0 Å². The molecule has 0 radical (unpaired) electrons. The summed E-state index contributed by atoms with van der Waals surface area (Å²) in [6, 6.07) is 38.9. The molecule has 2 nitrogen and oxygen atoms in total. The SMILES string of the molecule is Cc1ccc2c(c1)oc1cc3ccc(-n4c5cc(C)ccc5c5cc(-c6ccccc6)cc(Cl)c54)cc3cc12. The van der Waals surface area contributed by atoms with E-state index in [1.807, 2.05) is 6.07 Å². The van der Waals surface area contributed by atoms with E-state index >= 15 is 0 Å². The summed E-state index contributed by atoms with van der Waals surface area (Å²) in [6.45, 7) is 4.23. The Balaban J connectivity index is 1.42. The quantitative estimate of drug-likeness (QED) is 0.221. The van der Waals surface area contributed by atoms with Gasteiger partial charge in [-0.1, -0.05) is 72.3 Å². The minimum Gasteiger partial charge on any atom is -0.456 e. The van der Waals surface area contributed by atoms with Crippen molar-refractivity contribution in [1.82, 2.24) is 4.57 Å². The molecule has 0 unspecified atom stereocenters. The van der Waals surface area contributed by atoms with Crippen LogP contribution in [0, 0.1) is 13.8 Å². The molecule has 8 aromatic rings. The number of nitrogens with zero attached hydrogens (tertiary/aromatic N) is 1. The predicted octanol–water partition coefficient (Wildman–Crippen LogP) is 10.8. The molecule has 0 spiro atoms. The fourth-order valence-corrected chi connectivity index (χ4v) is 6.33. The second kappa shape index (κ2) is 8.23. The van der Waals surface area contributed by atoms with Gasteiger partial charge in [0.2, 0.25) is 0 Å². The lowest BCUT2D eigenvalue weighted by atomic mass is 10.0. The Morgan fingerprint density at radius 1 is 0.564 bits per heavy atom. The van der Waals surface area contributed by atoms with Gasteiger partial charge in [0.15, 0.2) is 0 Å². The second-order valence-corrected chi connectivity index (χ2v) is 11.0. The lowest BCUT2D eigenvalue weighted by Gasteiger charge is -2.11. The van der Waals surface area contributed by atoms with Gasteiger partial charge in [0.25, 0.3) is 0 Å². The fourth-order valence-electron chi connectivity index (χ4n) is 6.03. The molecule has 0 bridgehead atoms. The Hall–Kier alpha value is -4.53. The van der Waals surface area contributed by atoms with Crippen molar-refractivity contribution >= 4 is 66.1 Å². The number of aryl methyl sites for hydroxylation is 2. The first-order valence-electron chi connectivity index (χ1n) is 13.2. The fraction of sp³-hybridized carbons (Fsp3) is 0.0556. The third-order valence-corrected chi connectivity index (χ3v) is 8.19. The zero-order chi connectivity index (χ0) is 26.2. The van der Waals surface area contributed by atoms with Crippen LogP contribution in [0.4, 0.5) is 0 Å². The number of hydrogen-bond donors (Lipinski definition) is 0. The molecule has 0 aliphatic heterocycles. The highest BCUT2D eigenvalue weighted by Gasteiger charge is 2.18. The summed E-state index contributed by atoms with van der Waals surface area (Å²) < 4.78 is 8.53. The highest BCUT2D eigenvalue weighted by atomic mass is 35.5. The maximum absolute atomic E-state index is 7.10. The van der Waals surface area contributed by atoms with E-state index in [0.29, 0.717) is 0 Å². The molecule has 0 aliphatic rings. The molecule has 186 valence electrons. The molecule has 2 heterocycles. The third-order valence-electron chi connectivity index (χ3n) is 7.91.